The molecule has 0 atom stereocenters. The van der Waals surface area contributed by atoms with Crippen molar-refractivity contribution in [3.8, 4) is 0 Å². The number of hydrogen-bond donors (Lipinski definition) is 1. The molecule has 0 spiro atoms. The first kappa shape index (κ1) is 15.1. The van der Waals surface area contributed by atoms with Crippen molar-refractivity contribution < 1.29 is 18.7 Å². The summed E-state index contributed by atoms with van der Waals surface area (Å²) < 4.78 is 17.5. The highest BCUT2D eigenvalue weighted by atomic mass is 32.1. The SMILES string of the molecule is COC(=O)c1c(NC(=O)c2ccc(F)nc2)sc(C)c1C. The Morgan fingerprint density at radius 2 is 2.05 bits per heavy atom. The number of pyridine rings is 1. The van der Waals surface area contributed by atoms with Crippen LogP contribution in [-0.4, -0.2) is 24.0 Å². The van der Waals surface area contributed by atoms with E-state index in [1.807, 2.05) is 6.92 Å². The second-order valence-electron chi connectivity index (χ2n) is 4.30. The van der Waals surface area contributed by atoms with E-state index < -0.39 is 17.8 Å². The number of esters is 1. The Morgan fingerprint density at radius 1 is 1.33 bits per heavy atom. The molecule has 0 aromatic carbocycles. The third kappa shape index (κ3) is 3.08. The van der Waals surface area contributed by atoms with Crippen LogP contribution in [-0.2, 0) is 4.74 Å². The van der Waals surface area contributed by atoms with E-state index in [1.54, 1.807) is 6.92 Å². The number of hydrogen-bond acceptors (Lipinski definition) is 5. The predicted octanol–water partition coefficient (Wildman–Crippen LogP) is 2.94. The minimum absolute atomic E-state index is 0.205. The molecular formula is C14H13FN2O3S. The molecule has 2 heterocycles. The zero-order valence-corrected chi connectivity index (χ0v) is 12.5. The fourth-order valence-corrected chi connectivity index (χ4v) is 2.79. The van der Waals surface area contributed by atoms with Crippen LogP contribution in [0.3, 0.4) is 0 Å². The summed E-state index contributed by atoms with van der Waals surface area (Å²) in [4.78, 5) is 28.2. The topological polar surface area (TPSA) is 68.3 Å². The quantitative estimate of drug-likeness (QED) is 0.699. The van der Waals surface area contributed by atoms with Gasteiger partial charge in [0.25, 0.3) is 5.91 Å². The number of nitrogens with one attached hydrogen (secondary N) is 1. The van der Waals surface area contributed by atoms with Crippen LogP contribution in [0.5, 0.6) is 0 Å². The lowest BCUT2D eigenvalue weighted by Gasteiger charge is -2.06. The Morgan fingerprint density at radius 3 is 2.62 bits per heavy atom. The van der Waals surface area contributed by atoms with Crippen LogP contribution in [0.25, 0.3) is 0 Å². The average Bonchev–Trinajstić information content (AvgIpc) is 2.73. The molecule has 0 aliphatic rings. The first-order valence-electron chi connectivity index (χ1n) is 6.05. The molecule has 1 N–H and O–H groups in total. The lowest BCUT2D eigenvalue weighted by atomic mass is 10.1. The summed E-state index contributed by atoms with van der Waals surface area (Å²) in [7, 11) is 1.28. The molecule has 110 valence electrons. The van der Waals surface area contributed by atoms with Gasteiger partial charge >= 0.3 is 5.97 Å². The van der Waals surface area contributed by atoms with Crippen LogP contribution in [0.4, 0.5) is 9.39 Å². The van der Waals surface area contributed by atoms with Gasteiger partial charge in [-0.3, -0.25) is 4.79 Å². The van der Waals surface area contributed by atoms with Gasteiger partial charge in [-0.25, -0.2) is 9.78 Å². The van der Waals surface area contributed by atoms with Crippen molar-refractivity contribution in [3.63, 3.8) is 0 Å². The van der Waals surface area contributed by atoms with Gasteiger partial charge in [0.2, 0.25) is 5.95 Å². The lowest BCUT2D eigenvalue weighted by Crippen LogP contribution is -2.14. The molecular weight excluding hydrogens is 295 g/mol. The molecule has 0 saturated carbocycles. The Hall–Kier alpha value is -2.28. The maximum absolute atomic E-state index is 12.7. The van der Waals surface area contributed by atoms with Gasteiger partial charge in [0.1, 0.15) is 5.00 Å². The monoisotopic (exact) mass is 308 g/mol. The van der Waals surface area contributed by atoms with E-state index in [1.165, 1.54) is 24.5 Å². The standard InChI is InChI=1S/C14H13FN2O3S/c1-7-8(2)21-13(11(7)14(19)20-3)17-12(18)9-4-5-10(15)16-6-9/h4-6H,1-3H3,(H,17,18). The van der Waals surface area contributed by atoms with Crippen LogP contribution in [0.15, 0.2) is 18.3 Å². The Bertz CT molecular complexity index is 695. The molecule has 5 nitrogen and oxygen atoms in total. The summed E-state index contributed by atoms with van der Waals surface area (Å²) in [5.41, 5.74) is 1.30. The number of ether oxygens (including phenoxy) is 1. The second-order valence-corrected chi connectivity index (χ2v) is 5.53. The van der Waals surface area contributed by atoms with Crippen LogP contribution in [0, 0.1) is 19.8 Å². The van der Waals surface area contributed by atoms with Gasteiger partial charge in [0.15, 0.2) is 0 Å². The number of thiophene rings is 1. The van der Waals surface area contributed by atoms with Crippen molar-refractivity contribution in [1.82, 2.24) is 4.98 Å². The summed E-state index contributed by atoms with van der Waals surface area (Å²) in [6, 6.07) is 2.42. The number of aryl methyl sites for hydroxylation is 1. The molecule has 1 amide bonds. The Balaban J connectivity index is 2.31. The second kappa shape index (κ2) is 6.01. The first-order chi connectivity index (χ1) is 9.93. The van der Waals surface area contributed by atoms with Crippen LogP contribution < -0.4 is 5.32 Å². The number of carbonyl (C=O) groups is 2. The first-order valence-corrected chi connectivity index (χ1v) is 6.87. The number of methoxy groups -OCH3 is 1. The fourth-order valence-electron chi connectivity index (χ4n) is 1.75. The molecule has 2 aromatic rings. The number of rotatable bonds is 3. The van der Waals surface area contributed by atoms with Gasteiger partial charge < -0.3 is 10.1 Å². The Kier molecular flexibility index (Phi) is 4.32. The van der Waals surface area contributed by atoms with Crippen molar-refractivity contribution in [1.29, 1.82) is 0 Å². The average molecular weight is 308 g/mol. The molecule has 0 aliphatic heterocycles. The van der Waals surface area contributed by atoms with E-state index in [2.05, 4.69) is 10.3 Å². The van der Waals surface area contributed by atoms with E-state index in [9.17, 15) is 14.0 Å². The highest BCUT2D eigenvalue weighted by Crippen LogP contribution is 2.33. The summed E-state index contributed by atoms with van der Waals surface area (Å²) in [5.74, 6) is -1.64. The minimum atomic E-state index is -0.662. The predicted molar refractivity (Wildman–Crippen MR) is 77.3 cm³/mol. The maximum Gasteiger partial charge on any atom is 0.341 e. The van der Waals surface area contributed by atoms with Crippen molar-refractivity contribution >= 4 is 28.2 Å². The van der Waals surface area contributed by atoms with Crippen LogP contribution in [0.1, 0.15) is 31.2 Å². The van der Waals surface area contributed by atoms with Gasteiger partial charge in [-0.05, 0) is 31.5 Å². The molecule has 2 aromatic heterocycles. The van der Waals surface area contributed by atoms with Gasteiger partial charge in [0, 0.05) is 11.1 Å². The van der Waals surface area contributed by atoms with Crippen LogP contribution >= 0.6 is 11.3 Å². The zero-order chi connectivity index (χ0) is 15.6. The number of halogens is 1. The number of carbonyl (C=O) groups excluding carboxylic acids is 2. The van der Waals surface area contributed by atoms with E-state index in [0.717, 1.165) is 22.7 Å². The van der Waals surface area contributed by atoms with Crippen molar-refractivity contribution in [2.45, 2.75) is 13.8 Å². The van der Waals surface area contributed by atoms with E-state index >= 15 is 0 Å². The lowest BCUT2D eigenvalue weighted by molar-refractivity contribution is 0.0601. The Labute approximate surface area is 124 Å². The van der Waals surface area contributed by atoms with Gasteiger partial charge in [-0.2, -0.15) is 4.39 Å². The summed E-state index contributed by atoms with van der Waals surface area (Å²) >= 11 is 1.28. The third-order valence-corrected chi connectivity index (χ3v) is 4.11. The number of anilines is 1. The van der Waals surface area contributed by atoms with Gasteiger partial charge in [-0.15, -0.1) is 11.3 Å². The zero-order valence-electron chi connectivity index (χ0n) is 11.7. The maximum atomic E-state index is 12.7. The third-order valence-electron chi connectivity index (χ3n) is 2.99. The van der Waals surface area contributed by atoms with E-state index in [-0.39, 0.29) is 5.56 Å². The highest BCUT2D eigenvalue weighted by Gasteiger charge is 2.22. The molecule has 0 unspecified atom stereocenters. The van der Waals surface area contributed by atoms with Gasteiger partial charge in [-0.1, -0.05) is 0 Å². The normalized spacial score (nSPS) is 10.3. The van der Waals surface area contributed by atoms with E-state index in [0.29, 0.717) is 10.6 Å². The molecule has 0 aliphatic carbocycles. The molecule has 0 radical (unpaired) electrons. The summed E-state index contributed by atoms with van der Waals surface area (Å²) in [6.07, 6.45) is 1.13. The van der Waals surface area contributed by atoms with Crippen molar-refractivity contribution in [2.75, 3.05) is 12.4 Å². The molecule has 0 saturated heterocycles. The molecule has 0 fully saturated rings. The molecule has 0 bridgehead atoms. The van der Waals surface area contributed by atoms with Crippen LogP contribution in [0.2, 0.25) is 0 Å². The fraction of sp³-hybridized carbons (Fsp3) is 0.214. The minimum Gasteiger partial charge on any atom is -0.465 e. The van der Waals surface area contributed by atoms with E-state index in [4.69, 9.17) is 4.74 Å². The molecule has 7 heteroatoms. The molecule has 2 rings (SSSR count). The number of aromatic nitrogens is 1. The summed E-state index contributed by atoms with van der Waals surface area (Å²) in [6.45, 7) is 3.63. The largest absolute Gasteiger partial charge is 0.465 e. The number of nitrogens with zero attached hydrogens (tertiary/aromatic N) is 1. The highest BCUT2D eigenvalue weighted by molar-refractivity contribution is 7.16. The van der Waals surface area contributed by atoms with Crippen molar-refractivity contribution in [3.05, 3.63) is 45.8 Å². The van der Waals surface area contributed by atoms with Crippen molar-refractivity contribution in [2.24, 2.45) is 0 Å². The smallest absolute Gasteiger partial charge is 0.341 e. The van der Waals surface area contributed by atoms with Gasteiger partial charge in [0.05, 0.1) is 18.2 Å². The number of amides is 1. The summed E-state index contributed by atoms with van der Waals surface area (Å²) in [5, 5.41) is 3.05. The molecule has 21 heavy (non-hydrogen) atoms.